The second-order valence-corrected chi connectivity index (χ2v) is 11.4. The predicted molar refractivity (Wildman–Crippen MR) is 138 cm³/mol. The molecule has 10 heteroatoms. The summed E-state index contributed by atoms with van der Waals surface area (Å²) in [5.74, 6) is -0.757. The fourth-order valence-electron chi connectivity index (χ4n) is 3.20. The number of halogens is 2. The SMILES string of the molecule is CCCCNC(=O)[C@@H](C)N(Cc1cccc(Br)c1)C(=O)CN(c1ccccc1Br)S(C)(=O)=O. The van der Waals surface area contributed by atoms with Crippen LogP contribution in [0.2, 0.25) is 0 Å². The van der Waals surface area contributed by atoms with E-state index in [9.17, 15) is 18.0 Å². The van der Waals surface area contributed by atoms with Crippen LogP contribution in [-0.2, 0) is 26.2 Å². The molecule has 0 fully saturated rings. The molecule has 2 rings (SSSR count). The topological polar surface area (TPSA) is 86.8 Å². The van der Waals surface area contributed by atoms with E-state index in [1.165, 1.54) is 4.90 Å². The Morgan fingerprint density at radius 1 is 1.09 bits per heavy atom. The lowest BCUT2D eigenvalue weighted by atomic mass is 10.1. The lowest BCUT2D eigenvalue weighted by Crippen LogP contribution is -2.51. The summed E-state index contributed by atoms with van der Waals surface area (Å²) in [5.41, 5.74) is 1.17. The molecule has 0 saturated heterocycles. The van der Waals surface area contributed by atoms with Crippen molar-refractivity contribution in [3.8, 4) is 0 Å². The van der Waals surface area contributed by atoms with Gasteiger partial charge in [0.2, 0.25) is 21.8 Å². The van der Waals surface area contributed by atoms with Gasteiger partial charge in [0.1, 0.15) is 12.6 Å². The van der Waals surface area contributed by atoms with Gasteiger partial charge in [-0.1, -0.05) is 53.5 Å². The third-order valence-electron chi connectivity index (χ3n) is 5.04. The molecule has 1 atom stereocenters. The quantitative estimate of drug-likeness (QED) is 0.388. The number of anilines is 1. The number of carbonyl (C=O) groups is 2. The summed E-state index contributed by atoms with van der Waals surface area (Å²) in [6, 6.07) is 13.4. The second-order valence-electron chi connectivity index (χ2n) is 7.69. The minimum absolute atomic E-state index is 0.161. The molecule has 180 valence electrons. The summed E-state index contributed by atoms with van der Waals surface area (Å²) in [6.07, 6.45) is 2.83. The van der Waals surface area contributed by atoms with E-state index in [0.29, 0.717) is 16.7 Å². The van der Waals surface area contributed by atoms with Crippen LogP contribution in [0.15, 0.2) is 57.5 Å². The Labute approximate surface area is 212 Å². The molecule has 0 aromatic heterocycles. The minimum Gasteiger partial charge on any atom is -0.354 e. The molecule has 2 aromatic carbocycles. The maximum absolute atomic E-state index is 13.5. The highest BCUT2D eigenvalue weighted by atomic mass is 79.9. The zero-order valence-electron chi connectivity index (χ0n) is 18.9. The first-order valence-corrected chi connectivity index (χ1v) is 14.0. The first-order valence-electron chi connectivity index (χ1n) is 10.6. The number of nitrogens with one attached hydrogen (secondary N) is 1. The molecule has 1 N–H and O–H groups in total. The van der Waals surface area contributed by atoms with Crippen LogP contribution in [-0.4, -0.2) is 50.5 Å². The van der Waals surface area contributed by atoms with Crippen molar-refractivity contribution in [1.82, 2.24) is 10.2 Å². The van der Waals surface area contributed by atoms with Gasteiger partial charge in [-0.3, -0.25) is 13.9 Å². The number of hydrogen-bond acceptors (Lipinski definition) is 4. The van der Waals surface area contributed by atoms with E-state index < -0.39 is 28.5 Å². The largest absolute Gasteiger partial charge is 0.354 e. The van der Waals surface area contributed by atoms with Crippen LogP contribution in [0.3, 0.4) is 0 Å². The van der Waals surface area contributed by atoms with Gasteiger partial charge >= 0.3 is 0 Å². The summed E-state index contributed by atoms with van der Waals surface area (Å²) in [7, 11) is -3.76. The van der Waals surface area contributed by atoms with E-state index in [2.05, 4.69) is 37.2 Å². The monoisotopic (exact) mass is 601 g/mol. The zero-order chi connectivity index (χ0) is 24.6. The van der Waals surface area contributed by atoms with Crippen LogP contribution in [0, 0.1) is 0 Å². The molecule has 0 spiro atoms. The van der Waals surface area contributed by atoms with Gasteiger partial charge in [-0.05, 0) is 59.1 Å². The van der Waals surface area contributed by atoms with Crippen LogP contribution in [0.5, 0.6) is 0 Å². The molecule has 0 radical (unpaired) electrons. The van der Waals surface area contributed by atoms with Gasteiger partial charge in [0.05, 0.1) is 11.9 Å². The molecule has 0 aliphatic carbocycles. The Morgan fingerprint density at radius 2 is 1.79 bits per heavy atom. The molecule has 0 aliphatic rings. The van der Waals surface area contributed by atoms with E-state index in [4.69, 9.17) is 0 Å². The number of benzene rings is 2. The third-order valence-corrected chi connectivity index (χ3v) is 7.33. The maximum atomic E-state index is 13.5. The Kier molecular flexibility index (Phi) is 10.4. The molecule has 33 heavy (non-hydrogen) atoms. The van der Waals surface area contributed by atoms with Crippen molar-refractivity contribution in [1.29, 1.82) is 0 Å². The van der Waals surface area contributed by atoms with Crippen molar-refractivity contribution in [3.63, 3.8) is 0 Å². The van der Waals surface area contributed by atoms with Gasteiger partial charge in [0.25, 0.3) is 0 Å². The van der Waals surface area contributed by atoms with E-state index in [0.717, 1.165) is 33.4 Å². The van der Waals surface area contributed by atoms with E-state index in [1.54, 1.807) is 31.2 Å². The Hall–Kier alpha value is -1.91. The average Bonchev–Trinajstić information content (AvgIpc) is 2.75. The number of rotatable bonds is 11. The highest BCUT2D eigenvalue weighted by Gasteiger charge is 2.30. The summed E-state index contributed by atoms with van der Waals surface area (Å²) >= 11 is 6.79. The van der Waals surface area contributed by atoms with Crippen LogP contribution in [0.25, 0.3) is 0 Å². The minimum atomic E-state index is -3.76. The number of sulfonamides is 1. The van der Waals surface area contributed by atoms with Crippen molar-refractivity contribution in [2.75, 3.05) is 23.7 Å². The van der Waals surface area contributed by atoms with Gasteiger partial charge < -0.3 is 10.2 Å². The molecule has 2 aromatic rings. The van der Waals surface area contributed by atoms with Crippen LogP contribution in [0.1, 0.15) is 32.3 Å². The van der Waals surface area contributed by atoms with E-state index >= 15 is 0 Å². The normalized spacial score (nSPS) is 12.2. The summed E-state index contributed by atoms with van der Waals surface area (Å²) in [4.78, 5) is 27.7. The molecule has 0 unspecified atom stereocenters. The van der Waals surface area contributed by atoms with Gasteiger partial charge in [0.15, 0.2) is 0 Å². The Bertz CT molecular complexity index is 1080. The zero-order valence-corrected chi connectivity index (χ0v) is 22.9. The van der Waals surface area contributed by atoms with Crippen molar-refractivity contribution in [2.45, 2.75) is 39.3 Å². The standard InChI is InChI=1S/C23H29Br2N3O4S/c1-4-5-13-26-23(30)17(2)27(15-18-9-8-10-19(24)14-18)22(29)16-28(33(3,31)32)21-12-7-6-11-20(21)25/h6-12,14,17H,4-5,13,15-16H2,1-3H3,(H,26,30)/t17-/m1/s1. The molecular formula is C23H29Br2N3O4S. The van der Waals surface area contributed by atoms with Crippen molar-refractivity contribution < 1.29 is 18.0 Å². The van der Waals surface area contributed by atoms with Gasteiger partial charge in [-0.25, -0.2) is 8.42 Å². The lowest BCUT2D eigenvalue weighted by Gasteiger charge is -2.31. The van der Waals surface area contributed by atoms with Crippen molar-refractivity contribution in [2.24, 2.45) is 0 Å². The maximum Gasteiger partial charge on any atom is 0.244 e. The van der Waals surface area contributed by atoms with E-state index in [1.807, 2.05) is 31.2 Å². The third kappa shape index (κ3) is 8.12. The molecule has 2 amide bonds. The fraction of sp³-hybridized carbons (Fsp3) is 0.391. The number of hydrogen-bond donors (Lipinski definition) is 1. The summed E-state index contributed by atoms with van der Waals surface area (Å²) in [5, 5.41) is 2.86. The Balaban J connectivity index is 2.36. The molecule has 0 saturated carbocycles. The first-order chi connectivity index (χ1) is 15.5. The highest BCUT2D eigenvalue weighted by Crippen LogP contribution is 2.28. The van der Waals surface area contributed by atoms with Crippen LogP contribution < -0.4 is 9.62 Å². The molecule has 0 bridgehead atoms. The number of carbonyl (C=O) groups excluding carboxylic acids is 2. The molecule has 0 heterocycles. The lowest BCUT2D eigenvalue weighted by molar-refractivity contribution is -0.139. The van der Waals surface area contributed by atoms with Crippen molar-refractivity contribution >= 4 is 59.4 Å². The van der Waals surface area contributed by atoms with Gasteiger partial charge in [-0.2, -0.15) is 0 Å². The van der Waals surface area contributed by atoms with E-state index in [-0.39, 0.29) is 12.5 Å². The number of unbranched alkanes of at least 4 members (excludes halogenated alkanes) is 1. The Morgan fingerprint density at radius 3 is 2.39 bits per heavy atom. The van der Waals surface area contributed by atoms with Gasteiger partial charge in [0, 0.05) is 22.0 Å². The molecular weight excluding hydrogens is 574 g/mol. The number of para-hydroxylation sites is 1. The van der Waals surface area contributed by atoms with Gasteiger partial charge in [-0.15, -0.1) is 0 Å². The molecule has 0 aliphatic heterocycles. The number of amides is 2. The highest BCUT2D eigenvalue weighted by molar-refractivity contribution is 9.10. The predicted octanol–water partition coefficient (Wildman–Crippen LogP) is 4.31. The second kappa shape index (κ2) is 12.5. The van der Waals surface area contributed by atoms with Crippen molar-refractivity contribution in [3.05, 3.63) is 63.0 Å². The average molecular weight is 603 g/mol. The summed E-state index contributed by atoms with van der Waals surface area (Å²) in [6.45, 7) is 3.93. The van der Waals surface area contributed by atoms with Crippen LogP contribution >= 0.6 is 31.9 Å². The number of nitrogens with zero attached hydrogens (tertiary/aromatic N) is 2. The first kappa shape index (κ1) is 27.3. The summed E-state index contributed by atoms with van der Waals surface area (Å²) < 4.78 is 27.6. The molecule has 7 nitrogen and oxygen atoms in total. The smallest absolute Gasteiger partial charge is 0.244 e. The van der Waals surface area contributed by atoms with Crippen LogP contribution in [0.4, 0.5) is 5.69 Å². The fourth-order valence-corrected chi connectivity index (χ4v) is 5.12.